The first-order valence-corrected chi connectivity index (χ1v) is 6.12. The highest BCUT2D eigenvalue weighted by Crippen LogP contribution is 2.10. The smallest absolute Gasteiger partial charge is 0.224 e. The lowest BCUT2D eigenvalue weighted by molar-refractivity contribution is -0.116. The van der Waals surface area contributed by atoms with Crippen molar-refractivity contribution in [2.45, 2.75) is 19.8 Å². The third kappa shape index (κ3) is 3.23. The first kappa shape index (κ1) is 12.4. The van der Waals surface area contributed by atoms with E-state index in [1.165, 1.54) is 5.69 Å². The van der Waals surface area contributed by atoms with Crippen molar-refractivity contribution in [2.75, 3.05) is 5.32 Å². The van der Waals surface area contributed by atoms with Gasteiger partial charge >= 0.3 is 0 Å². The van der Waals surface area contributed by atoms with Gasteiger partial charge in [-0.15, -0.1) is 0 Å². The third-order valence-corrected chi connectivity index (χ3v) is 2.96. The van der Waals surface area contributed by atoms with Crippen LogP contribution in [0.15, 0.2) is 42.6 Å². The lowest BCUT2D eigenvalue weighted by atomic mass is 10.2. The van der Waals surface area contributed by atoms with Crippen LogP contribution >= 0.6 is 0 Å². The zero-order valence-corrected chi connectivity index (χ0v) is 10.8. The lowest BCUT2D eigenvalue weighted by Crippen LogP contribution is -2.13. The standard InChI is InChI=1S/C15H18N2O/c1-12-5-3-6-13(11-12)16-15(18)9-8-14-7-4-10-17(14)2/h3-7,10-11H,8-9H2,1-2H3,(H,16,18). The van der Waals surface area contributed by atoms with Gasteiger partial charge in [0.15, 0.2) is 0 Å². The lowest BCUT2D eigenvalue weighted by Gasteiger charge is -2.06. The summed E-state index contributed by atoms with van der Waals surface area (Å²) in [5.41, 5.74) is 3.19. The number of hydrogen-bond acceptors (Lipinski definition) is 1. The first-order chi connectivity index (χ1) is 8.65. The van der Waals surface area contributed by atoms with Crippen LogP contribution in [0, 0.1) is 6.92 Å². The number of carbonyl (C=O) groups is 1. The molecule has 0 aliphatic rings. The molecule has 1 heterocycles. The predicted octanol–water partition coefficient (Wildman–Crippen LogP) is 2.90. The molecule has 1 N–H and O–H groups in total. The maximum Gasteiger partial charge on any atom is 0.224 e. The van der Waals surface area contributed by atoms with Gasteiger partial charge in [0.25, 0.3) is 0 Å². The summed E-state index contributed by atoms with van der Waals surface area (Å²) in [6.45, 7) is 2.01. The van der Waals surface area contributed by atoms with Gasteiger partial charge in [0.05, 0.1) is 0 Å². The Bertz CT molecular complexity index is 543. The van der Waals surface area contributed by atoms with Gasteiger partial charge in [0.1, 0.15) is 0 Å². The highest BCUT2D eigenvalue weighted by atomic mass is 16.1. The number of aromatic nitrogens is 1. The van der Waals surface area contributed by atoms with Crippen LogP contribution < -0.4 is 5.32 Å². The van der Waals surface area contributed by atoms with E-state index in [1.807, 2.05) is 61.1 Å². The average Bonchev–Trinajstić information content (AvgIpc) is 2.72. The van der Waals surface area contributed by atoms with E-state index in [-0.39, 0.29) is 5.91 Å². The molecule has 0 fully saturated rings. The van der Waals surface area contributed by atoms with Gasteiger partial charge in [-0.05, 0) is 43.2 Å². The fourth-order valence-electron chi connectivity index (χ4n) is 1.94. The summed E-state index contributed by atoms with van der Waals surface area (Å²) in [7, 11) is 1.99. The Morgan fingerprint density at radius 3 is 2.78 bits per heavy atom. The van der Waals surface area contributed by atoms with Crippen LogP contribution in [0.5, 0.6) is 0 Å². The molecule has 0 saturated carbocycles. The van der Waals surface area contributed by atoms with Crippen LogP contribution in [0.3, 0.4) is 0 Å². The summed E-state index contributed by atoms with van der Waals surface area (Å²) in [6.07, 6.45) is 3.26. The van der Waals surface area contributed by atoms with E-state index in [1.54, 1.807) is 0 Å². The van der Waals surface area contributed by atoms with Crippen molar-refractivity contribution in [2.24, 2.45) is 7.05 Å². The zero-order valence-electron chi connectivity index (χ0n) is 10.8. The number of nitrogens with zero attached hydrogens (tertiary/aromatic N) is 1. The Morgan fingerprint density at radius 1 is 1.28 bits per heavy atom. The molecule has 1 aromatic heterocycles. The highest BCUT2D eigenvalue weighted by Gasteiger charge is 2.04. The normalized spacial score (nSPS) is 10.3. The molecule has 0 bridgehead atoms. The Labute approximate surface area is 107 Å². The number of aryl methyl sites for hydroxylation is 3. The molecule has 0 radical (unpaired) electrons. The number of benzene rings is 1. The van der Waals surface area contributed by atoms with Gasteiger partial charge in [0.2, 0.25) is 5.91 Å². The van der Waals surface area contributed by atoms with Crippen molar-refractivity contribution in [3.8, 4) is 0 Å². The fraction of sp³-hybridized carbons (Fsp3) is 0.267. The van der Waals surface area contributed by atoms with Crippen LogP contribution in [-0.2, 0) is 18.3 Å². The summed E-state index contributed by atoms with van der Waals surface area (Å²) in [5, 5.41) is 2.92. The molecule has 3 heteroatoms. The molecule has 94 valence electrons. The Morgan fingerprint density at radius 2 is 2.11 bits per heavy atom. The van der Waals surface area contributed by atoms with E-state index in [4.69, 9.17) is 0 Å². The largest absolute Gasteiger partial charge is 0.354 e. The minimum Gasteiger partial charge on any atom is -0.354 e. The Hall–Kier alpha value is -2.03. The van der Waals surface area contributed by atoms with Crippen molar-refractivity contribution in [1.82, 2.24) is 4.57 Å². The second-order valence-corrected chi connectivity index (χ2v) is 4.53. The van der Waals surface area contributed by atoms with Crippen LogP contribution in [-0.4, -0.2) is 10.5 Å². The number of anilines is 1. The molecule has 0 aliphatic carbocycles. The topological polar surface area (TPSA) is 34.0 Å². The SMILES string of the molecule is Cc1cccc(NC(=O)CCc2cccn2C)c1. The molecule has 1 amide bonds. The van der Waals surface area contributed by atoms with Gasteiger partial charge in [0, 0.05) is 31.0 Å². The third-order valence-electron chi connectivity index (χ3n) is 2.96. The van der Waals surface area contributed by atoms with Crippen molar-refractivity contribution < 1.29 is 4.79 Å². The summed E-state index contributed by atoms with van der Waals surface area (Å²) in [5.74, 6) is 0.0572. The van der Waals surface area contributed by atoms with E-state index in [9.17, 15) is 4.79 Å². The molecule has 1 aromatic carbocycles. The van der Waals surface area contributed by atoms with E-state index in [0.717, 1.165) is 17.7 Å². The van der Waals surface area contributed by atoms with Gasteiger partial charge in [-0.3, -0.25) is 4.79 Å². The number of rotatable bonds is 4. The molecule has 2 aromatic rings. The van der Waals surface area contributed by atoms with Crippen molar-refractivity contribution in [3.05, 3.63) is 53.9 Å². The van der Waals surface area contributed by atoms with Gasteiger partial charge in [-0.2, -0.15) is 0 Å². The predicted molar refractivity (Wildman–Crippen MR) is 73.5 cm³/mol. The van der Waals surface area contributed by atoms with Crippen LogP contribution in [0.2, 0.25) is 0 Å². The van der Waals surface area contributed by atoms with Gasteiger partial charge in [-0.1, -0.05) is 12.1 Å². The van der Waals surface area contributed by atoms with Gasteiger partial charge < -0.3 is 9.88 Å². The molecule has 0 unspecified atom stereocenters. The Balaban J connectivity index is 1.88. The molecular formula is C15H18N2O. The number of amides is 1. The van der Waals surface area contributed by atoms with Crippen molar-refractivity contribution in [3.63, 3.8) is 0 Å². The fourth-order valence-corrected chi connectivity index (χ4v) is 1.94. The minimum absolute atomic E-state index is 0.0572. The minimum atomic E-state index is 0.0572. The molecule has 0 atom stereocenters. The summed E-state index contributed by atoms with van der Waals surface area (Å²) < 4.78 is 2.04. The summed E-state index contributed by atoms with van der Waals surface area (Å²) >= 11 is 0. The van der Waals surface area contributed by atoms with E-state index >= 15 is 0 Å². The van der Waals surface area contributed by atoms with Crippen molar-refractivity contribution in [1.29, 1.82) is 0 Å². The molecule has 18 heavy (non-hydrogen) atoms. The number of carbonyl (C=O) groups excluding carboxylic acids is 1. The number of hydrogen-bond donors (Lipinski definition) is 1. The summed E-state index contributed by atoms with van der Waals surface area (Å²) in [6, 6.07) is 11.9. The zero-order chi connectivity index (χ0) is 13.0. The first-order valence-electron chi connectivity index (χ1n) is 6.12. The maximum absolute atomic E-state index is 11.8. The second-order valence-electron chi connectivity index (χ2n) is 4.53. The monoisotopic (exact) mass is 242 g/mol. The second kappa shape index (κ2) is 5.54. The van der Waals surface area contributed by atoms with E-state index < -0.39 is 0 Å². The Kier molecular flexibility index (Phi) is 3.82. The van der Waals surface area contributed by atoms with Crippen molar-refractivity contribution >= 4 is 11.6 Å². The van der Waals surface area contributed by atoms with Crippen LogP contribution in [0.4, 0.5) is 5.69 Å². The average molecular weight is 242 g/mol. The summed E-state index contributed by atoms with van der Waals surface area (Å²) in [4.78, 5) is 11.8. The molecule has 3 nitrogen and oxygen atoms in total. The van der Waals surface area contributed by atoms with Gasteiger partial charge in [-0.25, -0.2) is 0 Å². The molecule has 0 saturated heterocycles. The highest BCUT2D eigenvalue weighted by molar-refractivity contribution is 5.90. The van der Waals surface area contributed by atoms with E-state index in [0.29, 0.717) is 6.42 Å². The van der Waals surface area contributed by atoms with E-state index in [2.05, 4.69) is 5.32 Å². The molecule has 0 spiro atoms. The number of nitrogens with one attached hydrogen (secondary N) is 1. The van der Waals surface area contributed by atoms with Crippen LogP contribution in [0.1, 0.15) is 17.7 Å². The molecule has 0 aliphatic heterocycles. The maximum atomic E-state index is 11.8. The quantitative estimate of drug-likeness (QED) is 0.878. The molecular weight excluding hydrogens is 224 g/mol. The molecule has 2 rings (SSSR count). The van der Waals surface area contributed by atoms with Crippen LogP contribution in [0.25, 0.3) is 0 Å².